The van der Waals surface area contributed by atoms with Crippen LogP contribution >= 0.6 is 0 Å². The molecule has 1 saturated heterocycles. The summed E-state index contributed by atoms with van der Waals surface area (Å²) < 4.78 is 0. The number of carbonyl (C=O) groups excluding carboxylic acids is 3. The molecular formula is C7H10N2O3. The number of nitrogens with zero attached hydrogens (tertiary/aromatic N) is 1. The predicted octanol–water partition coefficient (Wildman–Crippen LogP) is -0.627. The summed E-state index contributed by atoms with van der Waals surface area (Å²) in [5.41, 5.74) is 0. The molecule has 0 spiro atoms. The zero-order valence-corrected chi connectivity index (χ0v) is 6.96. The van der Waals surface area contributed by atoms with E-state index in [0.29, 0.717) is 0 Å². The first-order chi connectivity index (χ1) is 5.52. The fourth-order valence-corrected chi connectivity index (χ4v) is 1.04. The third-order valence-electron chi connectivity index (χ3n) is 1.84. The third-order valence-corrected chi connectivity index (χ3v) is 1.84. The van der Waals surface area contributed by atoms with E-state index in [1.807, 2.05) is 0 Å². The van der Waals surface area contributed by atoms with Gasteiger partial charge in [-0.3, -0.25) is 14.9 Å². The molecule has 5 nitrogen and oxygen atoms in total. The Morgan fingerprint density at radius 2 is 2.17 bits per heavy atom. The van der Waals surface area contributed by atoms with E-state index in [2.05, 4.69) is 5.32 Å². The monoisotopic (exact) mass is 170 g/mol. The predicted molar refractivity (Wildman–Crippen MR) is 40.3 cm³/mol. The van der Waals surface area contributed by atoms with Crippen molar-refractivity contribution in [3.8, 4) is 0 Å². The molecule has 0 aromatic carbocycles. The van der Waals surface area contributed by atoms with Crippen LogP contribution in [-0.4, -0.2) is 36.2 Å². The average Bonchev–Trinajstić information content (AvgIpc) is 1.96. The molecule has 12 heavy (non-hydrogen) atoms. The van der Waals surface area contributed by atoms with Gasteiger partial charge in [0.15, 0.2) is 0 Å². The van der Waals surface area contributed by atoms with Crippen molar-refractivity contribution in [1.29, 1.82) is 0 Å². The van der Waals surface area contributed by atoms with Gasteiger partial charge in [-0.2, -0.15) is 0 Å². The number of hydrogen-bond donors (Lipinski definition) is 1. The standard InChI is InChI=1S/C7H10N2O3/c1-4(10)5-3-9(2)7(12)8-6(5)11/h5H,3H2,1-2H3,(H,8,11,12). The average molecular weight is 170 g/mol. The molecule has 0 bridgehead atoms. The van der Waals surface area contributed by atoms with Crippen molar-refractivity contribution in [1.82, 2.24) is 10.2 Å². The summed E-state index contributed by atoms with van der Waals surface area (Å²) in [7, 11) is 1.54. The molecule has 1 heterocycles. The van der Waals surface area contributed by atoms with E-state index in [9.17, 15) is 14.4 Å². The summed E-state index contributed by atoms with van der Waals surface area (Å²) in [5, 5.41) is 2.09. The fourth-order valence-electron chi connectivity index (χ4n) is 1.04. The van der Waals surface area contributed by atoms with E-state index in [1.165, 1.54) is 18.9 Å². The second kappa shape index (κ2) is 2.92. The Labute approximate surface area is 69.7 Å². The van der Waals surface area contributed by atoms with Crippen LogP contribution in [0.5, 0.6) is 0 Å². The molecule has 1 atom stereocenters. The lowest BCUT2D eigenvalue weighted by Crippen LogP contribution is -2.54. The van der Waals surface area contributed by atoms with E-state index in [0.717, 1.165) is 0 Å². The molecule has 3 amide bonds. The van der Waals surface area contributed by atoms with Crippen LogP contribution < -0.4 is 5.32 Å². The zero-order valence-electron chi connectivity index (χ0n) is 6.96. The summed E-state index contributed by atoms with van der Waals surface area (Å²) in [4.78, 5) is 34.0. The van der Waals surface area contributed by atoms with Gasteiger partial charge in [0.1, 0.15) is 11.7 Å². The minimum atomic E-state index is -0.701. The van der Waals surface area contributed by atoms with Gasteiger partial charge in [-0.05, 0) is 6.92 Å². The van der Waals surface area contributed by atoms with E-state index < -0.39 is 17.9 Å². The van der Waals surface area contributed by atoms with Crippen LogP contribution in [0.1, 0.15) is 6.92 Å². The number of hydrogen-bond acceptors (Lipinski definition) is 3. The molecule has 66 valence electrons. The van der Waals surface area contributed by atoms with Gasteiger partial charge in [-0.1, -0.05) is 0 Å². The lowest BCUT2D eigenvalue weighted by molar-refractivity contribution is -0.134. The Balaban J connectivity index is 2.74. The summed E-state index contributed by atoms with van der Waals surface area (Å²) in [5.74, 6) is -1.41. The van der Waals surface area contributed by atoms with Gasteiger partial charge in [0.05, 0.1) is 0 Å². The number of ketones is 1. The maximum atomic E-state index is 11.0. The van der Waals surface area contributed by atoms with Gasteiger partial charge < -0.3 is 4.90 Å². The molecule has 0 aromatic rings. The Morgan fingerprint density at radius 1 is 1.58 bits per heavy atom. The fraction of sp³-hybridized carbons (Fsp3) is 0.571. The molecule has 1 fully saturated rings. The Bertz CT molecular complexity index is 249. The molecule has 0 radical (unpaired) electrons. The summed E-state index contributed by atoms with van der Waals surface area (Å²) in [6, 6.07) is -0.447. The van der Waals surface area contributed by atoms with Gasteiger partial charge in [0.2, 0.25) is 5.91 Å². The van der Waals surface area contributed by atoms with Crippen molar-refractivity contribution in [3.05, 3.63) is 0 Å². The number of carbonyl (C=O) groups is 3. The van der Waals surface area contributed by atoms with Crippen molar-refractivity contribution in [2.75, 3.05) is 13.6 Å². The molecule has 1 rings (SSSR count). The molecule has 0 saturated carbocycles. The first kappa shape index (κ1) is 8.70. The Morgan fingerprint density at radius 3 is 2.67 bits per heavy atom. The van der Waals surface area contributed by atoms with Crippen LogP contribution in [0.2, 0.25) is 0 Å². The van der Waals surface area contributed by atoms with Gasteiger partial charge in [0.25, 0.3) is 0 Å². The first-order valence-electron chi connectivity index (χ1n) is 3.59. The second-order valence-corrected chi connectivity index (χ2v) is 2.84. The van der Waals surface area contributed by atoms with E-state index in [-0.39, 0.29) is 12.3 Å². The van der Waals surface area contributed by atoms with Crippen LogP contribution in [-0.2, 0) is 9.59 Å². The largest absolute Gasteiger partial charge is 0.326 e. The highest BCUT2D eigenvalue weighted by Crippen LogP contribution is 2.06. The van der Waals surface area contributed by atoms with Gasteiger partial charge in [0, 0.05) is 13.6 Å². The summed E-state index contributed by atoms with van der Waals surface area (Å²) in [6.45, 7) is 1.52. The lowest BCUT2D eigenvalue weighted by atomic mass is 10.0. The number of Topliss-reactive ketones (excluding diaryl/α,β-unsaturated/α-hetero) is 1. The molecule has 1 aliphatic rings. The zero-order chi connectivity index (χ0) is 9.30. The lowest BCUT2D eigenvalue weighted by Gasteiger charge is -2.27. The van der Waals surface area contributed by atoms with Crippen LogP contribution in [0.15, 0.2) is 0 Å². The van der Waals surface area contributed by atoms with Crippen LogP contribution in [0.25, 0.3) is 0 Å². The van der Waals surface area contributed by atoms with Crippen molar-refractivity contribution in [3.63, 3.8) is 0 Å². The summed E-state index contributed by atoms with van der Waals surface area (Å²) in [6.07, 6.45) is 0. The first-order valence-corrected chi connectivity index (χ1v) is 3.59. The number of imide groups is 1. The van der Waals surface area contributed by atoms with E-state index >= 15 is 0 Å². The topological polar surface area (TPSA) is 66.5 Å². The quantitative estimate of drug-likeness (QED) is 0.533. The molecule has 0 aromatic heterocycles. The smallest absolute Gasteiger partial charge is 0.323 e. The Hall–Kier alpha value is -1.39. The maximum Gasteiger partial charge on any atom is 0.323 e. The molecule has 1 unspecified atom stereocenters. The number of urea groups is 1. The minimum Gasteiger partial charge on any atom is -0.326 e. The van der Waals surface area contributed by atoms with E-state index in [1.54, 1.807) is 0 Å². The Kier molecular flexibility index (Phi) is 2.12. The van der Waals surface area contributed by atoms with Crippen molar-refractivity contribution < 1.29 is 14.4 Å². The van der Waals surface area contributed by atoms with Crippen molar-refractivity contribution >= 4 is 17.7 Å². The van der Waals surface area contributed by atoms with Crippen LogP contribution in [0.3, 0.4) is 0 Å². The van der Waals surface area contributed by atoms with Crippen molar-refractivity contribution in [2.45, 2.75) is 6.92 Å². The number of nitrogens with one attached hydrogen (secondary N) is 1. The van der Waals surface area contributed by atoms with Gasteiger partial charge in [-0.25, -0.2) is 4.79 Å². The van der Waals surface area contributed by atoms with Crippen LogP contribution in [0.4, 0.5) is 4.79 Å². The third kappa shape index (κ3) is 1.44. The SMILES string of the molecule is CC(=O)C1CN(C)C(=O)NC1=O. The second-order valence-electron chi connectivity index (χ2n) is 2.84. The highest BCUT2D eigenvalue weighted by atomic mass is 16.2. The van der Waals surface area contributed by atoms with Crippen LogP contribution in [0, 0.1) is 5.92 Å². The molecule has 1 N–H and O–H groups in total. The molecule has 1 aliphatic heterocycles. The molecule has 5 heteroatoms. The maximum absolute atomic E-state index is 11.0. The molecular weight excluding hydrogens is 160 g/mol. The van der Waals surface area contributed by atoms with Gasteiger partial charge in [-0.15, -0.1) is 0 Å². The molecule has 0 aliphatic carbocycles. The number of rotatable bonds is 1. The van der Waals surface area contributed by atoms with Gasteiger partial charge >= 0.3 is 6.03 Å². The highest BCUT2D eigenvalue weighted by molar-refractivity contribution is 6.08. The number of amides is 3. The minimum absolute atomic E-state index is 0.181. The normalized spacial score (nSPS) is 23.8. The van der Waals surface area contributed by atoms with Crippen molar-refractivity contribution in [2.24, 2.45) is 5.92 Å². The summed E-state index contributed by atoms with van der Waals surface area (Å²) >= 11 is 0. The highest BCUT2D eigenvalue weighted by Gasteiger charge is 2.32. The van der Waals surface area contributed by atoms with E-state index in [4.69, 9.17) is 0 Å².